The molecule has 1 aromatic carbocycles. The van der Waals surface area contributed by atoms with Gasteiger partial charge in [-0.3, -0.25) is 9.69 Å². The first-order valence-electron chi connectivity index (χ1n) is 11.5. The molecule has 3 fully saturated rings. The molecule has 1 aromatic rings. The summed E-state index contributed by atoms with van der Waals surface area (Å²) < 4.78 is 5.75. The molecule has 4 aliphatic heterocycles. The summed E-state index contributed by atoms with van der Waals surface area (Å²) in [6.07, 6.45) is 2.98. The van der Waals surface area contributed by atoms with Crippen molar-refractivity contribution in [3.05, 3.63) is 34.9 Å². The Morgan fingerprint density at radius 1 is 1.22 bits per heavy atom. The Balaban J connectivity index is 1.38. The highest BCUT2D eigenvalue weighted by atomic mass is 32.2. The van der Waals surface area contributed by atoms with Gasteiger partial charge in [0.2, 0.25) is 0 Å². The van der Waals surface area contributed by atoms with Gasteiger partial charge >= 0.3 is 6.03 Å². The summed E-state index contributed by atoms with van der Waals surface area (Å²) in [6.45, 7) is 6.59. The maximum absolute atomic E-state index is 13.2. The molecule has 4 atom stereocenters. The normalized spacial score (nSPS) is 29.6. The van der Waals surface area contributed by atoms with Gasteiger partial charge in [0.05, 0.1) is 22.4 Å². The van der Waals surface area contributed by atoms with Crippen LogP contribution >= 0.6 is 11.8 Å². The molecule has 4 aliphatic rings. The Bertz CT molecular complexity index is 913. The van der Waals surface area contributed by atoms with Crippen LogP contribution in [0.2, 0.25) is 0 Å². The van der Waals surface area contributed by atoms with Crippen molar-refractivity contribution in [1.29, 1.82) is 0 Å². The van der Waals surface area contributed by atoms with Crippen molar-refractivity contribution < 1.29 is 14.3 Å². The molecule has 4 N–H and O–H groups in total. The van der Waals surface area contributed by atoms with Crippen molar-refractivity contribution in [2.75, 3.05) is 24.5 Å². The highest BCUT2D eigenvalue weighted by Gasteiger charge is 2.51. The van der Waals surface area contributed by atoms with E-state index in [0.717, 1.165) is 56.0 Å². The zero-order chi connectivity index (χ0) is 22.2. The number of urea groups is 1. The van der Waals surface area contributed by atoms with Gasteiger partial charge in [0.15, 0.2) is 0 Å². The largest absolute Gasteiger partial charge is 0.491 e. The molecule has 4 heterocycles. The van der Waals surface area contributed by atoms with Crippen LogP contribution in [0.25, 0.3) is 0 Å². The number of piperidine rings is 2. The van der Waals surface area contributed by atoms with Crippen LogP contribution in [0.4, 0.5) is 10.5 Å². The van der Waals surface area contributed by atoms with Crippen molar-refractivity contribution in [3.8, 4) is 5.75 Å². The first kappa shape index (κ1) is 21.6. The topological polar surface area (TPSA) is 94.7 Å². The Morgan fingerprint density at radius 2 is 2.03 bits per heavy atom. The molecule has 3 saturated heterocycles. The van der Waals surface area contributed by atoms with E-state index in [-0.39, 0.29) is 41.4 Å². The van der Waals surface area contributed by atoms with Crippen LogP contribution in [0.5, 0.6) is 5.75 Å². The molecule has 0 aromatic heterocycles. The van der Waals surface area contributed by atoms with Crippen LogP contribution in [0.15, 0.2) is 34.9 Å². The van der Waals surface area contributed by atoms with Gasteiger partial charge in [-0.15, -0.1) is 0 Å². The highest BCUT2D eigenvalue weighted by molar-refractivity contribution is 8.04. The fourth-order valence-corrected chi connectivity index (χ4v) is 6.51. The predicted octanol–water partition coefficient (Wildman–Crippen LogP) is 2.13. The quantitative estimate of drug-likeness (QED) is 0.541. The molecule has 0 aliphatic carbocycles. The lowest BCUT2D eigenvalue weighted by atomic mass is 9.86. The van der Waals surface area contributed by atoms with E-state index >= 15 is 0 Å². The lowest BCUT2D eigenvalue weighted by Gasteiger charge is -2.45. The second-order valence-corrected chi connectivity index (χ2v) is 10.2. The third kappa shape index (κ3) is 4.09. The molecule has 3 amide bonds. The summed E-state index contributed by atoms with van der Waals surface area (Å²) >= 11 is 1.55. The van der Waals surface area contributed by atoms with E-state index in [2.05, 4.69) is 21.3 Å². The third-order valence-electron chi connectivity index (χ3n) is 6.47. The smallest absolute Gasteiger partial charge is 0.326 e. The Morgan fingerprint density at radius 3 is 2.75 bits per heavy atom. The van der Waals surface area contributed by atoms with Gasteiger partial charge in [-0.2, -0.15) is 0 Å². The van der Waals surface area contributed by atoms with Crippen LogP contribution in [-0.4, -0.2) is 55.1 Å². The van der Waals surface area contributed by atoms with Crippen LogP contribution in [0.3, 0.4) is 0 Å². The Hall–Kier alpha value is -2.23. The molecule has 0 saturated carbocycles. The van der Waals surface area contributed by atoms with E-state index in [1.807, 2.05) is 43.0 Å². The molecule has 8 nitrogen and oxygen atoms in total. The number of anilines is 1. The maximum atomic E-state index is 13.2. The molecule has 4 unspecified atom stereocenters. The standard InChI is InChI=1S/C23H31N5O3S/c1-13(2)31-16-7-5-15(6-8-16)28-17-9-11-25-22-18(17)19(27-23(28)30)20(32-22)21(29)26-14-4-3-10-24-12-14/h5-8,13-14,17-18,22,24-25H,3-4,9-12H2,1-2H3,(H,26,29)(H,27,30). The van der Waals surface area contributed by atoms with Crippen molar-refractivity contribution in [3.63, 3.8) is 0 Å². The van der Waals surface area contributed by atoms with Crippen molar-refractivity contribution >= 4 is 29.4 Å². The fourth-order valence-electron chi connectivity index (χ4n) is 5.11. The van der Waals surface area contributed by atoms with Gasteiger partial charge in [0, 0.05) is 29.9 Å². The summed E-state index contributed by atoms with van der Waals surface area (Å²) in [5, 5.41) is 13.2. The number of benzene rings is 1. The summed E-state index contributed by atoms with van der Waals surface area (Å²) in [5.74, 6) is 0.776. The summed E-state index contributed by atoms with van der Waals surface area (Å²) in [5.41, 5.74) is 1.62. The van der Waals surface area contributed by atoms with E-state index in [0.29, 0.717) is 4.91 Å². The highest BCUT2D eigenvalue weighted by Crippen LogP contribution is 2.48. The number of nitrogens with one attached hydrogen (secondary N) is 4. The third-order valence-corrected chi connectivity index (χ3v) is 7.82. The van der Waals surface area contributed by atoms with Crippen molar-refractivity contribution in [1.82, 2.24) is 21.3 Å². The first-order valence-corrected chi connectivity index (χ1v) is 12.4. The lowest BCUT2D eigenvalue weighted by molar-refractivity contribution is -0.117. The molecule has 5 rings (SSSR count). The van der Waals surface area contributed by atoms with E-state index in [4.69, 9.17) is 4.74 Å². The number of ether oxygens (including phenoxy) is 1. The molecular weight excluding hydrogens is 426 g/mol. The van der Waals surface area contributed by atoms with E-state index in [1.165, 1.54) is 0 Å². The fraction of sp³-hybridized carbons (Fsp3) is 0.565. The van der Waals surface area contributed by atoms with Crippen LogP contribution in [0.1, 0.15) is 33.1 Å². The zero-order valence-corrected chi connectivity index (χ0v) is 19.3. The number of thioether (sulfide) groups is 1. The van der Waals surface area contributed by atoms with Gasteiger partial charge in [-0.1, -0.05) is 11.8 Å². The summed E-state index contributed by atoms with van der Waals surface area (Å²) in [4.78, 5) is 28.9. The average Bonchev–Trinajstić information content (AvgIpc) is 3.15. The number of carbonyl (C=O) groups excluding carboxylic acids is 2. The van der Waals surface area contributed by atoms with Gasteiger partial charge in [-0.25, -0.2) is 4.79 Å². The summed E-state index contributed by atoms with van der Waals surface area (Å²) in [7, 11) is 0. The van der Waals surface area contributed by atoms with Crippen LogP contribution in [0, 0.1) is 5.92 Å². The zero-order valence-electron chi connectivity index (χ0n) is 18.5. The number of nitrogens with zero attached hydrogens (tertiary/aromatic N) is 1. The number of rotatable bonds is 5. The second-order valence-electron chi connectivity index (χ2n) is 9.09. The van der Waals surface area contributed by atoms with Gasteiger partial charge < -0.3 is 26.0 Å². The number of amides is 3. The molecule has 0 radical (unpaired) electrons. The lowest BCUT2D eigenvalue weighted by Crippen LogP contribution is -2.62. The Labute approximate surface area is 192 Å². The van der Waals surface area contributed by atoms with E-state index < -0.39 is 0 Å². The van der Waals surface area contributed by atoms with Crippen LogP contribution in [-0.2, 0) is 4.79 Å². The first-order chi connectivity index (χ1) is 15.5. The molecule has 172 valence electrons. The molecule has 0 bridgehead atoms. The van der Waals surface area contributed by atoms with Crippen molar-refractivity contribution in [2.24, 2.45) is 5.92 Å². The van der Waals surface area contributed by atoms with Gasteiger partial charge in [0.25, 0.3) is 5.91 Å². The monoisotopic (exact) mass is 457 g/mol. The minimum atomic E-state index is -0.174. The van der Waals surface area contributed by atoms with Gasteiger partial charge in [-0.05, 0) is 70.5 Å². The van der Waals surface area contributed by atoms with Gasteiger partial charge in [0.1, 0.15) is 5.75 Å². The average molecular weight is 458 g/mol. The van der Waals surface area contributed by atoms with E-state index in [1.54, 1.807) is 11.8 Å². The van der Waals surface area contributed by atoms with E-state index in [9.17, 15) is 9.59 Å². The van der Waals surface area contributed by atoms with Crippen LogP contribution < -0.4 is 30.9 Å². The molecular formula is C23H31N5O3S. The molecule has 0 spiro atoms. The predicted molar refractivity (Wildman–Crippen MR) is 126 cm³/mol. The minimum Gasteiger partial charge on any atom is -0.491 e. The van der Waals surface area contributed by atoms with Crippen molar-refractivity contribution in [2.45, 2.75) is 56.7 Å². The number of carbonyl (C=O) groups is 2. The molecule has 9 heteroatoms. The Kier molecular flexibility index (Phi) is 6.05. The molecule has 32 heavy (non-hydrogen) atoms. The number of hydrogen-bond donors (Lipinski definition) is 4. The summed E-state index contributed by atoms with van der Waals surface area (Å²) in [6, 6.07) is 7.67. The second kappa shape index (κ2) is 8.96. The maximum Gasteiger partial charge on any atom is 0.326 e. The minimum absolute atomic E-state index is 0.0102. The SMILES string of the molecule is CC(C)Oc1ccc(N2C(=O)NC3=C(C(=O)NC4CCCNC4)SC4NCCC2C34)cc1. The number of hydrogen-bond acceptors (Lipinski definition) is 6.